The third kappa shape index (κ3) is 5.84. The number of urea groups is 1. The zero-order valence-corrected chi connectivity index (χ0v) is 20.3. The lowest BCUT2D eigenvalue weighted by Gasteiger charge is -2.26. The van der Waals surface area contributed by atoms with E-state index in [-0.39, 0.29) is 40.9 Å². The molecule has 0 bridgehead atoms. The number of barbiturate groups is 1. The molecule has 37 heavy (non-hydrogen) atoms. The fourth-order valence-electron chi connectivity index (χ4n) is 3.53. The van der Waals surface area contributed by atoms with Gasteiger partial charge in [0.1, 0.15) is 23.7 Å². The highest BCUT2D eigenvalue weighted by Crippen LogP contribution is 2.28. The van der Waals surface area contributed by atoms with Crippen LogP contribution >= 0.6 is 11.6 Å². The van der Waals surface area contributed by atoms with Crippen LogP contribution in [0.1, 0.15) is 28.4 Å². The molecule has 3 aromatic carbocycles. The lowest BCUT2D eigenvalue weighted by atomic mass is 10.1. The molecule has 4 amide bonds. The van der Waals surface area contributed by atoms with Gasteiger partial charge in [0.25, 0.3) is 11.8 Å². The van der Waals surface area contributed by atoms with Crippen molar-refractivity contribution in [1.82, 2.24) is 5.32 Å². The average molecular weight is 523 g/mol. The molecule has 10 heteroatoms. The van der Waals surface area contributed by atoms with E-state index in [4.69, 9.17) is 21.1 Å². The highest BCUT2D eigenvalue weighted by atomic mass is 35.5. The fraction of sp³-hybridized carbons (Fsp3) is 0.111. The van der Waals surface area contributed by atoms with Crippen molar-refractivity contribution in [1.29, 1.82) is 0 Å². The Morgan fingerprint density at radius 1 is 1.05 bits per heavy atom. The molecule has 0 aromatic heterocycles. The number of ether oxygens (including phenoxy) is 2. The molecule has 1 saturated heterocycles. The van der Waals surface area contributed by atoms with Crippen LogP contribution in [0.2, 0.25) is 5.02 Å². The molecule has 0 unspecified atom stereocenters. The summed E-state index contributed by atoms with van der Waals surface area (Å²) in [6.07, 6.45) is 1.30. The number of esters is 1. The minimum atomic E-state index is -0.921. The van der Waals surface area contributed by atoms with E-state index in [0.717, 1.165) is 4.90 Å². The first-order valence-corrected chi connectivity index (χ1v) is 11.5. The predicted molar refractivity (Wildman–Crippen MR) is 134 cm³/mol. The second kappa shape index (κ2) is 11.0. The Labute approximate surface area is 216 Å². The second-order valence-electron chi connectivity index (χ2n) is 7.83. The quantitative estimate of drug-likeness (QED) is 0.269. The first-order valence-electron chi connectivity index (χ1n) is 11.1. The SMILES string of the molecule is CCOC(=O)c1ccc(N2C(=O)NC(=O)/C(=C\c3ccc(OCc4cccc(F)c4)c(Cl)c3)C2=O)cc1. The van der Waals surface area contributed by atoms with E-state index < -0.39 is 23.8 Å². The maximum absolute atomic E-state index is 13.4. The maximum Gasteiger partial charge on any atom is 0.338 e. The molecular weight excluding hydrogens is 503 g/mol. The molecule has 8 nitrogen and oxygen atoms in total. The Morgan fingerprint density at radius 2 is 1.81 bits per heavy atom. The zero-order valence-electron chi connectivity index (χ0n) is 19.5. The molecule has 0 aliphatic carbocycles. The number of nitrogens with one attached hydrogen (secondary N) is 1. The Hall–Kier alpha value is -4.50. The van der Waals surface area contributed by atoms with Gasteiger partial charge in [-0.15, -0.1) is 0 Å². The number of benzene rings is 3. The summed E-state index contributed by atoms with van der Waals surface area (Å²) in [6, 6.07) is 15.3. The van der Waals surface area contributed by atoms with E-state index in [1.54, 1.807) is 31.2 Å². The van der Waals surface area contributed by atoms with E-state index in [1.165, 1.54) is 48.5 Å². The summed E-state index contributed by atoms with van der Waals surface area (Å²) in [6.45, 7) is 1.97. The van der Waals surface area contributed by atoms with Crippen molar-refractivity contribution in [3.63, 3.8) is 0 Å². The number of hydrogen-bond donors (Lipinski definition) is 1. The van der Waals surface area contributed by atoms with Crippen LogP contribution in [-0.2, 0) is 20.9 Å². The molecule has 0 saturated carbocycles. The number of halogens is 2. The van der Waals surface area contributed by atoms with Gasteiger partial charge in [0, 0.05) is 0 Å². The molecule has 0 atom stereocenters. The fourth-order valence-corrected chi connectivity index (χ4v) is 3.77. The lowest BCUT2D eigenvalue weighted by molar-refractivity contribution is -0.122. The maximum atomic E-state index is 13.4. The summed E-state index contributed by atoms with van der Waals surface area (Å²) < 4.78 is 23.9. The van der Waals surface area contributed by atoms with Crippen molar-refractivity contribution < 1.29 is 33.0 Å². The minimum Gasteiger partial charge on any atom is -0.487 e. The van der Waals surface area contributed by atoms with Gasteiger partial charge in [0.2, 0.25) is 0 Å². The molecule has 1 fully saturated rings. The summed E-state index contributed by atoms with van der Waals surface area (Å²) in [7, 11) is 0. The number of carbonyl (C=O) groups is 4. The van der Waals surface area contributed by atoms with Gasteiger partial charge >= 0.3 is 12.0 Å². The van der Waals surface area contributed by atoms with Crippen LogP contribution in [0, 0.1) is 5.82 Å². The summed E-state index contributed by atoms with van der Waals surface area (Å²) in [5.74, 6) is -2.31. The van der Waals surface area contributed by atoms with Crippen LogP contribution in [-0.4, -0.2) is 30.4 Å². The van der Waals surface area contributed by atoms with Crippen molar-refractivity contribution in [3.05, 3.63) is 99.8 Å². The second-order valence-corrected chi connectivity index (χ2v) is 8.24. The van der Waals surface area contributed by atoms with Crippen LogP contribution in [0.15, 0.2) is 72.3 Å². The van der Waals surface area contributed by atoms with Gasteiger partial charge in [-0.05, 0) is 72.7 Å². The molecule has 1 aliphatic heterocycles. The number of carbonyl (C=O) groups excluding carboxylic acids is 4. The van der Waals surface area contributed by atoms with Gasteiger partial charge in [0.05, 0.1) is 22.9 Å². The Morgan fingerprint density at radius 3 is 2.49 bits per heavy atom. The van der Waals surface area contributed by atoms with Crippen molar-refractivity contribution in [2.24, 2.45) is 0 Å². The largest absolute Gasteiger partial charge is 0.487 e. The van der Waals surface area contributed by atoms with Crippen molar-refractivity contribution >= 4 is 47.2 Å². The predicted octanol–water partition coefficient (Wildman–Crippen LogP) is 4.90. The van der Waals surface area contributed by atoms with E-state index in [0.29, 0.717) is 16.9 Å². The van der Waals surface area contributed by atoms with E-state index >= 15 is 0 Å². The molecule has 1 N–H and O–H groups in total. The first kappa shape index (κ1) is 25.6. The Bertz CT molecular complexity index is 1420. The number of hydrogen-bond acceptors (Lipinski definition) is 6. The third-order valence-corrected chi connectivity index (χ3v) is 5.58. The topological polar surface area (TPSA) is 102 Å². The number of nitrogens with zero attached hydrogens (tertiary/aromatic N) is 1. The highest BCUT2D eigenvalue weighted by Gasteiger charge is 2.36. The summed E-state index contributed by atoms with van der Waals surface area (Å²) in [4.78, 5) is 50.7. The molecule has 3 aromatic rings. The number of imide groups is 2. The monoisotopic (exact) mass is 522 g/mol. The molecular formula is C27H20ClFN2O6. The normalized spacial score (nSPS) is 14.5. The summed E-state index contributed by atoms with van der Waals surface area (Å²) in [5.41, 5.74) is 1.14. The van der Waals surface area contributed by atoms with E-state index in [9.17, 15) is 23.6 Å². The highest BCUT2D eigenvalue weighted by molar-refractivity contribution is 6.39. The molecule has 1 heterocycles. The first-order chi connectivity index (χ1) is 17.8. The number of anilines is 1. The van der Waals surface area contributed by atoms with Gasteiger partial charge < -0.3 is 9.47 Å². The van der Waals surface area contributed by atoms with Crippen LogP contribution in [0.4, 0.5) is 14.9 Å². The van der Waals surface area contributed by atoms with Gasteiger partial charge in [-0.2, -0.15) is 0 Å². The van der Waals surface area contributed by atoms with Crippen LogP contribution < -0.4 is 15.0 Å². The summed E-state index contributed by atoms with van der Waals surface area (Å²) in [5, 5.41) is 2.34. The molecule has 1 aliphatic rings. The smallest absolute Gasteiger partial charge is 0.338 e. The van der Waals surface area contributed by atoms with Crippen molar-refractivity contribution in [2.75, 3.05) is 11.5 Å². The van der Waals surface area contributed by atoms with Crippen molar-refractivity contribution in [2.45, 2.75) is 13.5 Å². The number of rotatable bonds is 7. The Balaban J connectivity index is 1.54. The number of amides is 4. The van der Waals surface area contributed by atoms with Crippen LogP contribution in [0.5, 0.6) is 5.75 Å². The van der Waals surface area contributed by atoms with Gasteiger partial charge in [-0.3, -0.25) is 14.9 Å². The average Bonchev–Trinajstić information content (AvgIpc) is 2.86. The molecule has 188 valence electrons. The molecule has 0 spiro atoms. The lowest BCUT2D eigenvalue weighted by Crippen LogP contribution is -2.54. The van der Waals surface area contributed by atoms with Gasteiger partial charge in [-0.1, -0.05) is 29.8 Å². The van der Waals surface area contributed by atoms with Gasteiger partial charge in [0.15, 0.2) is 0 Å². The standard InChI is InChI=1S/C27H20ClFN2O6/c1-2-36-26(34)18-7-9-20(10-8-18)31-25(33)21(24(32)30-27(31)35)13-16-6-11-23(22(28)14-16)37-15-17-4-3-5-19(29)12-17/h3-14H,2,15H2,1H3,(H,30,32,35)/b21-13+. The van der Waals surface area contributed by atoms with Crippen molar-refractivity contribution in [3.8, 4) is 5.75 Å². The van der Waals surface area contributed by atoms with Gasteiger partial charge in [-0.25, -0.2) is 18.9 Å². The summed E-state index contributed by atoms with van der Waals surface area (Å²) >= 11 is 6.31. The zero-order chi connectivity index (χ0) is 26.5. The van der Waals surface area contributed by atoms with E-state index in [2.05, 4.69) is 5.32 Å². The van der Waals surface area contributed by atoms with Crippen LogP contribution in [0.3, 0.4) is 0 Å². The minimum absolute atomic E-state index is 0.0881. The molecule has 4 rings (SSSR count). The Kier molecular flexibility index (Phi) is 7.64. The third-order valence-electron chi connectivity index (χ3n) is 5.29. The molecule has 0 radical (unpaired) electrons. The van der Waals surface area contributed by atoms with E-state index in [1.807, 2.05) is 0 Å². The van der Waals surface area contributed by atoms with Crippen LogP contribution in [0.25, 0.3) is 6.08 Å².